The van der Waals surface area contributed by atoms with Gasteiger partial charge in [-0.05, 0) is 38.1 Å². The average molecular weight is 460 g/mol. The maximum absolute atomic E-state index is 12.8. The Bertz CT molecular complexity index is 970. The number of ether oxygens (including phenoxy) is 2. The van der Waals surface area contributed by atoms with Crippen molar-refractivity contribution in [3.05, 3.63) is 58.0 Å². The molecule has 0 spiro atoms. The van der Waals surface area contributed by atoms with E-state index in [1.54, 1.807) is 19.9 Å². The lowest BCUT2D eigenvalue weighted by atomic mass is 10.1. The van der Waals surface area contributed by atoms with Crippen LogP contribution in [0.2, 0.25) is 10.0 Å². The van der Waals surface area contributed by atoms with Crippen LogP contribution >= 0.6 is 23.2 Å². The Morgan fingerprint density at radius 1 is 1.30 bits per heavy atom. The molecule has 0 radical (unpaired) electrons. The van der Waals surface area contributed by atoms with Crippen molar-refractivity contribution in [2.75, 3.05) is 11.9 Å². The fourth-order valence-corrected chi connectivity index (χ4v) is 3.14. The molecule has 30 heavy (non-hydrogen) atoms. The Balaban J connectivity index is 1.83. The second-order valence-corrected chi connectivity index (χ2v) is 7.42. The number of hydrogen-bond acceptors (Lipinski definition) is 6. The van der Waals surface area contributed by atoms with Crippen LogP contribution in [0.4, 0.5) is 14.5 Å². The average Bonchev–Trinajstić information content (AvgIpc) is 3.02. The number of carbonyl (C=O) groups excluding carboxylic acids is 1. The summed E-state index contributed by atoms with van der Waals surface area (Å²) in [6, 6.07) is 3.80. The van der Waals surface area contributed by atoms with Gasteiger partial charge >= 0.3 is 6.61 Å². The third-order valence-electron chi connectivity index (χ3n) is 4.00. The molecular weight excluding hydrogens is 443 g/mol. The molecule has 2 aromatic rings. The van der Waals surface area contributed by atoms with Crippen LogP contribution in [0, 0.1) is 0 Å². The highest BCUT2D eigenvalue weighted by Gasteiger charge is 2.30. The monoisotopic (exact) mass is 459 g/mol. The number of rotatable bonds is 7. The van der Waals surface area contributed by atoms with Gasteiger partial charge < -0.3 is 14.8 Å². The van der Waals surface area contributed by atoms with Gasteiger partial charge in [-0.3, -0.25) is 20.1 Å². The van der Waals surface area contributed by atoms with Crippen LogP contribution in [0.15, 0.2) is 42.4 Å². The van der Waals surface area contributed by atoms with Gasteiger partial charge in [-0.25, -0.2) is 0 Å². The second-order valence-electron chi connectivity index (χ2n) is 6.61. The quantitative estimate of drug-likeness (QED) is 0.617. The van der Waals surface area contributed by atoms with Gasteiger partial charge in [0.25, 0.3) is 5.91 Å². The molecule has 1 atom stereocenters. The van der Waals surface area contributed by atoms with Crippen molar-refractivity contribution in [3.8, 4) is 11.5 Å². The molecule has 0 bridgehead atoms. The van der Waals surface area contributed by atoms with E-state index < -0.39 is 18.1 Å². The van der Waals surface area contributed by atoms with E-state index >= 15 is 0 Å². The number of alkyl halides is 2. The summed E-state index contributed by atoms with van der Waals surface area (Å²) in [5, 5.41) is 2.85. The summed E-state index contributed by atoms with van der Waals surface area (Å²) < 4.78 is 35.7. The van der Waals surface area contributed by atoms with Gasteiger partial charge in [-0.1, -0.05) is 23.2 Å². The lowest BCUT2D eigenvalue weighted by Crippen LogP contribution is -2.33. The summed E-state index contributed by atoms with van der Waals surface area (Å²) >= 11 is 12.0. The molecule has 3 rings (SSSR count). The first-order valence-corrected chi connectivity index (χ1v) is 9.38. The number of pyridine rings is 1. The van der Waals surface area contributed by atoms with Crippen molar-refractivity contribution in [2.45, 2.75) is 26.1 Å². The molecule has 1 amide bonds. The summed E-state index contributed by atoms with van der Waals surface area (Å²) in [6.45, 7) is 0.457. The van der Waals surface area contributed by atoms with E-state index in [2.05, 4.69) is 20.5 Å². The molecule has 2 N–H and O–H groups in total. The molecule has 1 aromatic heterocycles. The molecule has 11 heteroatoms. The molecule has 1 unspecified atom stereocenters. The fourth-order valence-electron chi connectivity index (χ4n) is 2.68. The zero-order chi connectivity index (χ0) is 21.9. The van der Waals surface area contributed by atoms with Gasteiger partial charge in [0.05, 0.1) is 15.7 Å². The highest BCUT2D eigenvalue weighted by atomic mass is 35.5. The Labute approximate surface area is 180 Å². The number of nitrogens with zero attached hydrogens (tertiary/aromatic N) is 1. The van der Waals surface area contributed by atoms with E-state index in [4.69, 9.17) is 32.8 Å². The van der Waals surface area contributed by atoms with E-state index in [9.17, 15) is 13.6 Å². The van der Waals surface area contributed by atoms with E-state index in [1.807, 2.05) is 0 Å². The molecule has 1 aliphatic rings. The molecule has 1 aliphatic heterocycles. The minimum atomic E-state index is -3.07. The zero-order valence-electron chi connectivity index (χ0n) is 15.8. The predicted molar refractivity (Wildman–Crippen MR) is 107 cm³/mol. The Hall–Kier alpha value is -2.62. The summed E-state index contributed by atoms with van der Waals surface area (Å²) in [5.74, 6) is -0.867. The zero-order valence-corrected chi connectivity index (χ0v) is 17.4. The number of anilines is 1. The molecular formula is C19H17Cl2F2N3O4. The van der Waals surface area contributed by atoms with Crippen molar-refractivity contribution < 1.29 is 27.9 Å². The number of amides is 1. The fraction of sp³-hybridized carbons (Fsp3) is 0.263. The number of carbonyl (C=O) groups is 1. The number of nitrogens with one attached hydrogen (secondary N) is 2. The molecule has 160 valence electrons. The molecule has 0 aliphatic carbocycles. The number of benzene rings is 1. The van der Waals surface area contributed by atoms with Crippen LogP contribution in [-0.2, 0) is 4.84 Å². The minimum Gasteiger partial charge on any atom is -0.486 e. The third-order valence-corrected chi connectivity index (χ3v) is 4.57. The smallest absolute Gasteiger partial charge is 0.387 e. The SMILES string of the molecule is CC1=CC(C)(COc2cc(C(=O)Nc3c(Cl)cncc3Cl)ccc2OC(F)F)ON1. The van der Waals surface area contributed by atoms with Gasteiger partial charge in [0.2, 0.25) is 0 Å². The van der Waals surface area contributed by atoms with Crippen molar-refractivity contribution in [2.24, 2.45) is 0 Å². The Morgan fingerprint density at radius 2 is 2.00 bits per heavy atom. The molecule has 0 fully saturated rings. The first-order valence-electron chi connectivity index (χ1n) is 8.62. The van der Waals surface area contributed by atoms with Gasteiger partial charge in [-0.2, -0.15) is 8.78 Å². The second kappa shape index (κ2) is 9.03. The number of halogens is 4. The van der Waals surface area contributed by atoms with Gasteiger partial charge in [0, 0.05) is 23.7 Å². The number of aromatic nitrogens is 1. The first kappa shape index (κ1) is 22.1. The Morgan fingerprint density at radius 3 is 2.60 bits per heavy atom. The maximum atomic E-state index is 12.8. The largest absolute Gasteiger partial charge is 0.486 e. The van der Waals surface area contributed by atoms with Crippen LogP contribution in [0.3, 0.4) is 0 Å². The summed E-state index contributed by atoms with van der Waals surface area (Å²) in [6.07, 6.45) is 4.43. The first-order chi connectivity index (χ1) is 14.2. The summed E-state index contributed by atoms with van der Waals surface area (Å²) in [5.41, 5.74) is 2.93. The van der Waals surface area contributed by atoms with Crippen LogP contribution in [-0.4, -0.2) is 29.7 Å². The van der Waals surface area contributed by atoms with Crippen molar-refractivity contribution in [1.82, 2.24) is 10.5 Å². The van der Waals surface area contributed by atoms with E-state index in [-0.39, 0.29) is 39.4 Å². The van der Waals surface area contributed by atoms with Gasteiger partial charge in [0.1, 0.15) is 12.2 Å². The maximum Gasteiger partial charge on any atom is 0.387 e. The lowest BCUT2D eigenvalue weighted by Gasteiger charge is -2.22. The van der Waals surface area contributed by atoms with Crippen LogP contribution < -0.4 is 20.3 Å². The van der Waals surface area contributed by atoms with Gasteiger partial charge in [-0.15, -0.1) is 0 Å². The van der Waals surface area contributed by atoms with Crippen LogP contribution in [0.25, 0.3) is 0 Å². The van der Waals surface area contributed by atoms with E-state index in [0.29, 0.717) is 0 Å². The molecule has 1 aromatic carbocycles. The van der Waals surface area contributed by atoms with E-state index in [0.717, 1.165) is 5.70 Å². The highest BCUT2D eigenvalue weighted by Crippen LogP contribution is 2.33. The van der Waals surface area contributed by atoms with Gasteiger partial charge in [0.15, 0.2) is 11.5 Å². The standard InChI is InChI=1S/C19H17Cl2F2N3O4/c1-10-6-19(2,30-26-10)9-28-15-5-11(3-4-14(15)29-18(22)23)17(27)25-16-12(20)7-24-8-13(16)21/h3-8,18,26H,9H2,1-2H3,(H,24,25,27). The summed E-state index contributed by atoms with van der Waals surface area (Å²) in [7, 11) is 0. The predicted octanol–water partition coefficient (Wildman–Crippen LogP) is 4.82. The summed E-state index contributed by atoms with van der Waals surface area (Å²) in [4.78, 5) is 21.8. The van der Waals surface area contributed by atoms with Crippen molar-refractivity contribution in [3.63, 3.8) is 0 Å². The topological polar surface area (TPSA) is 81.7 Å². The number of hydroxylamine groups is 1. The van der Waals surface area contributed by atoms with Crippen LogP contribution in [0.5, 0.6) is 11.5 Å². The van der Waals surface area contributed by atoms with Crippen molar-refractivity contribution in [1.29, 1.82) is 0 Å². The Kier molecular flexibility index (Phi) is 6.64. The number of hydrogen-bond donors (Lipinski definition) is 2. The lowest BCUT2D eigenvalue weighted by molar-refractivity contribution is -0.0605. The third kappa shape index (κ3) is 5.29. The molecule has 0 saturated heterocycles. The molecule has 7 nitrogen and oxygen atoms in total. The molecule has 0 saturated carbocycles. The minimum absolute atomic E-state index is 0.0238. The number of allylic oxidation sites excluding steroid dienone is 1. The van der Waals surface area contributed by atoms with E-state index in [1.165, 1.54) is 30.6 Å². The van der Waals surface area contributed by atoms with Crippen LogP contribution in [0.1, 0.15) is 24.2 Å². The normalized spacial score (nSPS) is 18.0. The van der Waals surface area contributed by atoms with Crippen molar-refractivity contribution >= 4 is 34.8 Å². The molecule has 2 heterocycles. The highest BCUT2D eigenvalue weighted by molar-refractivity contribution is 6.39.